The molecule has 18 heavy (non-hydrogen) atoms. The van der Waals surface area contributed by atoms with Gasteiger partial charge in [-0.3, -0.25) is 0 Å². The molecule has 2 rings (SSSR count). The van der Waals surface area contributed by atoms with E-state index in [-0.39, 0.29) is 0 Å². The molecular weight excluding hydrogens is 286 g/mol. The lowest BCUT2D eigenvalue weighted by atomic mass is 10.2. The highest BCUT2D eigenvalue weighted by atomic mass is 79.9. The van der Waals surface area contributed by atoms with Crippen LogP contribution in [0.1, 0.15) is 11.1 Å². The van der Waals surface area contributed by atoms with Crippen LogP contribution in [0, 0.1) is 18.8 Å². The molecule has 1 nitrogen and oxygen atoms in total. The minimum absolute atomic E-state index is 0.643. The van der Waals surface area contributed by atoms with Crippen LogP contribution in [0.25, 0.3) is 0 Å². The highest BCUT2D eigenvalue weighted by Gasteiger charge is 1.95. The van der Waals surface area contributed by atoms with Crippen LogP contribution in [-0.2, 0) is 0 Å². The monoisotopic (exact) mass is 299 g/mol. The lowest BCUT2D eigenvalue weighted by Gasteiger charge is -2.04. The Labute approximate surface area is 116 Å². The molecule has 0 heterocycles. The zero-order chi connectivity index (χ0) is 12.8. The molecule has 1 N–H and O–H groups in total. The molecule has 0 aromatic heterocycles. The first-order valence-corrected chi connectivity index (χ1v) is 6.59. The summed E-state index contributed by atoms with van der Waals surface area (Å²) in [5.74, 6) is 6.22. The molecule has 2 heteroatoms. The molecule has 2 aromatic rings. The van der Waals surface area contributed by atoms with E-state index in [1.54, 1.807) is 0 Å². The van der Waals surface area contributed by atoms with E-state index >= 15 is 0 Å². The molecule has 0 aliphatic rings. The first-order valence-electron chi connectivity index (χ1n) is 5.79. The van der Waals surface area contributed by atoms with Gasteiger partial charge in [-0.1, -0.05) is 52.0 Å². The fourth-order valence-electron chi connectivity index (χ4n) is 1.52. The largest absolute Gasteiger partial charge is 0.374 e. The maximum atomic E-state index is 3.52. The Balaban J connectivity index is 1.93. The maximum Gasteiger partial charge on any atom is 0.0769 e. The zero-order valence-electron chi connectivity index (χ0n) is 10.2. The summed E-state index contributed by atoms with van der Waals surface area (Å²) in [7, 11) is 0. The molecule has 0 unspecified atom stereocenters. The number of anilines is 1. The van der Waals surface area contributed by atoms with E-state index in [4.69, 9.17) is 0 Å². The summed E-state index contributed by atoms with van der Waals surface area (Å²) >= 11 is 3.52. The number of hydrogen-bond donors (Lipinski definition) is 1. The second kappa shape index (κ2) is 6.28. The van der Waals surface area contributed by atoms with Gasteiger partial charge < -0.3 is 5.32 Å². The Bertz CT molecular complexity index is 579. The molecule has 0 fully saturated rings. The fourth-order valence-corrected chi connectivity index (χ4v) is 1.90. The maximum absolute atomic E-state index is 3.52. The molecule has 0 bridgehead atoms. The summed E-state index contributed by atoms with van der Waals surface area (Å²) in [4.78, 5) is 0. The molecule has 0 radical (unpaired) electrons. The molecule has 0 aliphatic carbocycles. The van der Waals surface area contributed by atoms with Gasteiger partial charge in [-0.15, -0.1) is 0 Å². The second-order valence-electron chi connectivity index (χ2n) is 3.99. The minimum Gasteiger partial charge on any atom is -0.374 e. The summed E-state index contributed by atoms with van der Waals surface area (Å²) in [6.45, 7) is 2.72. The Hall–Kier alpha value is -1.72. The van der Waals surface area contributed by atoms with Gasteiger partial charge in [0.05, 0.1) is 6.54 Å². The zero-order valence-corrected chi connectivity index (χ0v) is 11.8. The fraction of sp³-hybridized carbons (Fsp3) is 0.125. The molecule has 90 valence electrons. The van der Waals surface area contributed by atoms with Gasteiger partial charge in [-0.05, 0) is 36.8 Å². The van der Waals surface area contributed by atoms with Crippen molar-refractivity contribution in [2.24, 2.45) is 0 Å². The van der Waals surface area contributed by atoms with Gasteiger partial charge in [0, 0.05) is 15.7 Å². The molecule has 0 atom stereocenters. The van der Waals surface area contributed by atoms with Crippen molar-refractivity contribution >= 4 is 21.6 Å². The topological polar surface area (TPSA) is 12.0 Å². The van der Waals surface area contributed by atoms with Gasteiger partial charge in [0.1, 0.15) is 0 Å². The second-order valence-corrected chi connectivity index (χ2v) is 4.84. The van der Waals surface area contributed by atoms with Gasteiger partial charge >= 0.3 is 0 Å². The number of nitrogens with one attached hydrogen (secondary N) is 1. The van der Waals surface area contributed by atoms with Crippen molar-refractivity contribution in [2.75, 3.05) is 11.9 Å². The SMILES string of the molecule is Cc1ccc(NCC#Cc2ccccc2)cc1Br. The Morgan fingerprint density at radius 2 is 1.89 bits per heavy atom. The van der Waals surface area contributed by atoms with Crippen LogP contribution in [0.3, 0.4) is 0 Å². The first-order chi connectivity index (χ1) is 8.75. The van der Waals surface area contributed by atoms with Crippen LogP contribution >= 0.6 is 15.9 Å². The predicted molar refractivity (Wildman–Crippen MR) is 80.7 cm³/mol. The van der Waals surface area contributed by atoms with Crippen LogP contribution < -0.4 is 5.32 Å². The van der Waals surface area contributed by atoms with Gasteiger partial charge in [-0.2, -0.15) is 0 Å². The van der Waals surface area contributed by atoms with Crippen LogP contribution in [0.4, 0.5) is 5.69 Å². The van der Waals surface area contributed by atoms with Gasteiger partial charge in [-0.25, -0.2) is 0 Å². The third kappa shape index (κ3) is 3.65. The Morgan fingerprint density at radius 1 is 1.11 bits per heavy atom. The van der Waals surface area contributed by atoms with Crippen molar-refractivity contribution < 1.29 is 0 Å². The normalized spacial score (nSPS) is 9.44. The summed E-state index contributed by atoms with van der Waals surface area (Å²) < 4.78 is 1.11. The van der Waals surface area contributed by atoms with Crippen LogP contribution in [0.15, 0.2) is 53.0 Å². The average Bonchev–Trinajstić information content (AvgIpc) is 2.40. The lowest BCUT2D eigenvalue weighted by molar-refractivity contribution is 1.35. The van der Waals surface area contributed by atoms with Gasteiger partial charge in [0.15, 0.2) is 0 Å². The number of halogens is 1. The van der Waals surface area contributed by atoms with E-state index < -0.39 is 0 Å². The molecule has 0 aliphatic heterocycles. The van der Waals surface area contributed by atoms with Crippen molar-refractivity contribution in [3.05, 3.63) is 64.1 Å². The Morgan fingerprint density at radius 3 is 2.61 bits per heavy atom. The van der Waals surface area contributed by atoms with E-state index in [1.165, 1.54) is 5.56 Å². The standard InChI is InChI=1S/C16H14BrN/c1-13-9-10-15(12-16(13)17)18-11-5-8-14-6-3-2-4-7-14/h2-4,6-7,9-10,12,18H,11H2,1H3. The van der Waals surface area contributed by atoms with Crippen molar-refractivity contribution in [2.45, 2.75) is 6.92 Å². The summed E-state index contributed by atoms with van der Waals surface area (Å²) in [5.41, 5.74) is 3.36. The van der Waals surface area contributed by atoms with E-state index in [2.05, 4.69) is 58.2 Å². The van der Waals surface area contributed by atoms with Crippen LogP contribution in [0.5, 0.6) is 0 Å². The molecule has 0 amide bonds. The van der Waals surface area contributed by atoms with E-state index in [0.29, 0.717) is 6.54 Å². The van der Waals surface area contributed by atoms with E-state index in [0.717, 1.165) is 15.7 Å². The Kier molecular flexibility index (Phi) is 4.44. The number of benzene rings is 2. The van der Waals surface area contributed by atoms with Gasteiger partial charge in [0.2, 0.25) is 0 Å². The van der Waals surface area contributed by atoms with Crippen LogP contribution in [0.2, 0.25) is 0 Å². The lowest BCUT2D eigenvalue weighted by Crippen LogP contribution is -1.98. The van der Waals surface area contributed by atoms with E-state index in [9.17, 15) is 0 Å². The smallest absolute Gasteiger partial charge is 0.0769 e. The van der Waals surface area contributed by atoms with Gasteiger partial charge in [0.25, 0.3) is 0 Å². The first kappa shape index (κ1) is 12.7. The minimum atomic E-state index is 0.643. The predicted octanol–water partition coefficient (Wildman–Crippen LogP) is 4.22. The van der Waals surface area contributed by atoms with Crippen molar-refractivity contribution in [1.29, 1.82) is 0 Å². The van der Waals surface area contributed by atoms with Crippen LogP contribution in [-0.4, -0.2) is 6.54 Å². The number of hydrogen-bond acceptors (Lipinski definition) is 1. The highest BCUT2D eigenvalue weighted by molar-refractivity contribution is 9.10. The van der Waals surface area contributed by atoms with Crippen molar-refractivity contribution in [3.8, 4) is 11.8 Å². The molecule has 0 spiro atoms. The molecule has 2 aromatic carbocycles. The third-order valence-electron chi connectivity index (χ3n) is 2.56. The molecular formula is C16H14BrN. The van der Waals surface area contributed by atoms with Crippen molar-refractivity contribution in [1.82, 2.24) is 0 Å². The number of aryl methyl sites for hydroxylation is 1. The third-order valence-corrected chi connectivity index (χ3v) is 3.41. The number of rotatable bonds is 2. The quantitative estimate of drug-likeness (QED) is 0.819. The summed E-state index contributed by atoms with van der Waals surface area (Å²) in [6, 6.07) is 16.2. The summed E-state index contributed by atoms with van der Waals surface area (Å²) in [6.07, 6.45) is 0. The summed E-state index contributed by atoms with van der Waals surface area (Å²) in [5, 5.41) is 3.28. The van der Waals surface area contributed by atoms with E-state index in [1.807, 2.05) is 30.3 Å². The molecule has 0 saturated carbocycles. The average molecular weight is 300 g/mol. The highest BCUT2D eigenvalue weighted by Crippen LogP contribution is 2.20. The molecule has 0 saturated heterocycles. The van der Waals surface area contributed by atoms with Crippen molar-refractivity contribution in [3.63, 3.8) is 0 Å².